The maximum absolute atomic E-state index is 3.24. The van der Waals surface area contributed by atoms with Gasteiger partial charge in [-0.15, -0.1) is 0 Å². The fourth-order valence-corrected chi connectivity index (χ4v) is 0.913. The van der Waals surface area contributed by atoms with Crippen LogP contribution in [-0.2, 0) is 0 Å². The summed E-state index contributed by atoms with van der Waals surface area (Å²) in [4.78, 5) is 0. The van der Waals surface area contributed by atoms with E-state index < -0.39 is 0 Å². The van der Waals surface area contributed by atoms with Gasteiger partial charge in [-0.3, -0.25) is 0 Å². The quantitative estimate of drug-likeness (QED) is 0.467. The predicted molar refractivity (Wildman–Crippen MR) is 45.3 cm³/mol. The summed E-state index contributed by atoms with van der Waals surface area (Å²) in [6, 6.07) is 0.595. The summed E-state index contributed by atoms with van der Waals surface area (Å²) in [5.41, 5.74) is 0. The molecule has 0 aromatic carbocycles. The molecular weight excluding hydrogens is 126 g/mol. The second-order valence-corrected chi connectivity index (χ2v) is 2.44. The molecule has 1 atom stereocenters. The van der Waals surface area contributed by atoms with Crippen LogP contribution in [0.15, 0.2) is 0 Å². The molecule has 3 heteroatoms. The summed E-state index contributed by atoms with van der Waals surface area (Å²) >= 11 is 0. The van der Waals surface area contributed by atoms with Crippen molar-refractivity contribution in [3.8, 4) is 0 Å². The van der Waals surface area contributed by atoms with Crippen LogP contribution in [0, 0.1) is 0 Å². The van der Waals surface area contributed by atoms with Crippen LogP contribution in [0.2, 0.25) is 0 Å². The van der Waals surface area contributed by atoms with Crippen molar-refractivity contribution in [3.63, 3.8) is 0 Å². The van der Waals surface area contributed by atoms with Crippen LogP contribution < -0.4 is 16.0 Å². The molecule has 3 N–H and O–H groups in total. The molecule has 0 radical (unpaired) electrons. The van der Waals surface area contributed by atoms with Crippen molar-refractivity contribution in [3.05, 3.63) is 0 Å². The second kappa shape index (κ2) is 6.99. The van der Waals surface area contributed by atoms with Crippen LogP contribution in [0.4, 0.5) is 0 Å². The van der Waals surface area contributed by atoms with Crippen molar-refractivity contribution in [1.82, 2.24) is 16.0 Å². The van der Waals surface area contributed by atoms with Gasteiger partial charge in [-0.2, -0.15) is 0 Å². The monoisotopic (exact) mass is 145 g/mol. The van der Waals surface area contributed by atoms with Gasteiger partial charge in [0.25, 0.3) is 0 Å². The molecule has 0 aromatic heterocycles. The van der Waals surface area contributed by atoms with Crippen molar-refractivity contribution >= 4 is 0 Å². The highest BCUT2D eigenvalue weighted by Crippen LogP contribution is 1.85. The Morgan fingerprint density at radius 2 is 1.80 bits per heavy atom. The third-order valence-corrected chi connectivity index (χ3v) is 1.60. The van der Waals surface area contributed by atoms with Crippen LogP contribution in [-0.4, -0.2) is 40.3 Å². The summed E-state index contributed by atoms with van der Waals surface area (Å²) in [6.07, 6.45) is 1.17. The Morgan fingerprint density at radius 1 is 1.10 bits per heavy atom. The normalized spacial score (nSPS) is 13.5. The van der Waals surface area contributed by atoms with E-state index in [0.29, 0.717) is 6.04 Å². The Labute approximate surface area is 63.6 Å². The number of rotatable bonds is 6. The van der Waals surface area contributed by atoms with Gasteiger partial charge in [0.1, 0.15) is 0 Å². The first-order valence-electron chi connectivity index (χ1n) is 3.81. The van der Waals surface area contributed by atoms with Crippen LogP contribution in [0.5, 0.6) is 0 Å². The van der Waals surface area contributed by atoms with Crippen molar-refractivity contribution < 1.29 is 0 Å². The maximum atomic E-state index is 3.24. The lowest BCUT2D eigenvalue weighted by molar-refractivity contribution is 0.490. The lowest BCUT2D eigenvalue weighted by atomic mass is 10.2. The minimum Gasteiger partial charge on any atom is -0.320 e. The van der Waals surface area contributed by atoms with E-state index in [-0.39, 0.29) is 0 Å². The summed E-state index contributed by atoms with van der Waals surface area (Å²) < 4.78 is 0. The molecule has 62 valence electrons. The largest absolute Gasteiger partial charge is 0.320 e. The lowest BCUT2D eigenvalue weighted by Gasteiger charge is -2.14. The van der Waals surface area contributed by atoms with Gasteiger partial charge in [-0.25, -0.2) is 0 Å². The van der Waals surface area contributed by atoms with E-state index in [4.69, 9.17) is 0 Å². The predicted octanol–water partition coefficient (Wildman–Crippen LogP) is -0.597. The van der Waals surface area contributed by atoms with E-state index in [0.717, 1.165) is 13.1 Å². The molecule has 0 aromatic rings. The van der Waals surface area contributed by atoms with Gasteiger partial charge in [0.2, 0.25) is 0 Å². The Bertz CT molecular complexity index is 65.9. The summed E-state index contributed by atoms with van der Waals surface area (Å²) in [5.74, 6) is 0. The molecule has 0 aliphatic rings. The van der Waals surface area contributed by atoms with Gasteiger partial charge >= 0.3 is 0 Å². The summed E-state index contributed by atoms with van der Waals surface area (Å²) in [5, 5.41) is 9.50. The molecule has 0 saturated carbocycles. The van der Waals surface area contributed by atoms with E-state index in [2.05, 4.69) is 16.0 Å². The smallest absolute Gasteiger partial charge is 0.0201 e. The van der Waals surface area contributed by atoms with Gasteiger partial charge in [0, 0.05) is 12.6 Å². The third kappa shape index (κ3) is 4.73. The molecule has 0 spiro atoms. The highest BCUT2D eigenvalue weighted by atomic mass is 15.0. The summed E-state index contributed by atoms with van der Waals surface area (Å²) in [6.45, 7) is 2.12. The topological polar surface area (TPSA) is 36.1 Å². The molecule has 3 nitrogen and oxygen atoms in total. The van der Waals surface area contributed by atoms with Crippen LogP contribution in [0.3, 0.4) is 0 Å². The molecule has 10 heavy (non-hydrogen) atoms. The molecule has 0 aliphatic carbocycles. The Kier molecular flexibility index (Phi) is 6.91. The Hall–Kier alpha value is -0.120. The molecule has 0 bridgehead atoms. The first-order valence-corrected chi connectivity index (χ1v) is 3.81. The van der Waals surface area contributed by atoms with Crippen molar-refractivity contribution in [2.75, 3.05) is 34.2 Å². The average molecular weight is 145 g/mol. The van der Waals surface area contributed by atoms with Crippen LogP contribution >= 0.6 is 0 Å². The zero-order valence-corrected chi connectivity index (χ0v) is 7.20. The molecule has 0 saturated heterocycles. The lowest BCUT2D eigenvalue weighted by Crippen LogP contribution is -2.37. The molecule has 0 heterocycles. The fraction of sp³-hybridized carbons (Fsp3) is 1.00. The minimum absolute atomic E-state index is 0.595. The van der Waals surface area contributed by atoms with Crippen molar-refractivity contribution in [1.29, 1.82) is 0 Å². The van der Waals surface area contributed by atoms with Crippen LogP contribution in [0.1, 0.15) is 6.42 Å². The van der Waals surface area contributed by atoms with E-state index >= 15 is 0 Å². The van der Waals surface area contributed by atoms with Gasteiger partial charge in [-0.1, -0.05) is 0 Å². The third-order valence-electron chi connectivity index (χ3n) is 1.60. The minimum atomic E-state index is 0.595. The molecule has 1 unspecified atom stereocenters. The first-order chi connectivity index (χ1) is 4.85. The second-order valence-electron chi connectivity index (χ2n) is 2.44. The first kappa shape index (κ1) is 9.88. The Morgan fingerprint density at radius 3 is 2.20 bits per heavy atom. The van der Waals surface area contributed by atoms with Gasteiger partial charge < -0.3 is 16.0 Å². The molecule has 0 amide bonds. The van der Waals surface area contributed by atoms with Crippen molar-refractivity contribution in [2.24, 2.45) is 0 Å². The average Bonchev–Trinajstić information content (AvgIpc) is 1.98. The van der Waals surface area contributed by atoms with Crippen LogP contribution in [0.25, 0.3) is 0 Å². The number of hydrogen-bond donors (Lipinski definition) is 3. The number of likely N-dealkylation sites (N-methyl/N-ethyl adjacent to an activating group) is 2. The number of hydrogen-bond acceptors (Lipinski definition) is 3. The van der Waals surface area contributed by atoms with Gasteiger partial charge in [0.15, 0.2) is 0 Å². The number of nitrogens with one attached hydrogen (secondary N) is 3. The van der Waals surface area contributed by atoms with Gasteiger partial charge in [0.05, 0.1) is 0 Å². The fourth-order valence-electron chi connectivity index (χ4n) is 0.913. The molecule has 0 aliphatic heterocycles. The zero-order valence-electron chi connectivity index (χ0n) is 7.20. The van der Waals surface area contributed by atoms with E-state index in [1.807, 2.05) is 21.1 Å². The zero-order chi connectivity index (χ0) is 7.82. The van der Waals surface area contributed by atoms with E-state index in [1.165, 1.54) is 6.42 Å². The highest BCUT2D eigenvalue weighted by Gasteiger charge is 2.01. The highest BCUT2D eigenvalue weighted by molar-refractivity contribution is 4.66. The molecular formula is C7H19N3. The van der Waals surface area contributed by atoms with Crippen molar-refractivity contribution in [2.45, 2.75) is 12.5 Å². The standard InChI is InChI=1S/C7H19N3/c1-8-5-4-7(10-3)6-9-2/h7-10H,4-6H2,1-3H3. The summed E-state index contributed by atoms with van der Waals surface area (Å²) in [7, 11) is 5.95. The van der Waals surface area contributed by atoms with E-state index in [1.54, 1.807) is 0 Å². The maximum Gasteiger partial charge on any atom is 0.0201 e. The molecule has 0 rings (SSSR count). The van der Waals surface area contributed by atoms with Gasteiger partial charge in [-0.05, 0) is 34.1 Å². The SMILES string of the molecule is CNCCC(CNC)NC. The van der Waals surface area contributed by atoms with E-state index in [9.17, 15) is 0 Å². The molecule has 0 fully saturated rings. The Balaban J connectivity index is 3.21.